The fourth-order valence-corrected chi connectivity index (χ4v) is 2.08. The van der Waals surface area contributed by atoms with Gasteiger partial charge < -0.3 is 4.90 Å². The summed E-state index contributed by atoms with van der Waals surface area (Å²) in [5.41, 5.74) is 0. The summed E-state index contributed by atoms with van der Waals surface area (Å²) in [6, 6.07) is 0. The second-order valence-corrected chi connectivity index (χ2v) is 3.91. The first-order valence-corrected chi connectivity index (χ1v) is 4.07. The van der Waals surface area contributed by atoms with E-state index in [0.717, 1.165) is 10.9 Å². The van der Waals surface area contributed by atoms with E-state index in [9.17, 15) is 0 Å². The zero-order valence-electron chi connectivity index (χ0n) is 5.33. The molecule has 0 N–H and O–H groups in total. The highest BCUT2D eigenvalue weighted by Gasteiger charge is 2.21. The van der Waals surface area contributed by atoms with E-state index in [0.29, 0.717) is 5.25 Å². The SMILES string of the molecule is C=CC1CN(C)C(=S)S1. The highest BCUT2D eigenvalue weighted by Crippen LogP contribution is 2.24. The first kappa shape index (κ1) is 7.09. The molecule has 1 nitrogen and oxygen atoms in total. The van der Waals surface area contributed by atoms with Crippen LogP contribution in [-0.4, -0.2) is 28.1 Å². The first-order chi connectivity index (χ1) is 4.24. The van der Waals surface area contributed by atoms with E-state index < -0.39 is 0 Å². The summed E-state index contributed by atoms with van der Waals surface area (Å²) in [4.78, 5) is 2.08. The molecule has 1 fully saturated rings. The maximum Gasteiger partial charge on any atom is 0.136 e. The molecule has 1 rings (SSSR count). The Labute approximate surface area is 65.1 Å². The van der Waals surface area contributed by atoms with E-state index in [1.165, 1.54) is 0 Å². The van der Waals surface area contributed by atoms with Crippen LogP contribution in [-0.2, 0) is 0 Å². The van der Waals surface area contributed by atoms with Crippen LogP contribution in [0.2, 0.25) is 0 Å². The molecule has 0 aromatic heterocycles. The molecule has 0 aliphatic carbocycles. The van der Waals surface area contributed by atoms with Gasteiger partial charge in [-0.25, -0.2) is 0 Å². The third kappa shape index (κ3) is 1.46. The van der Waals surface area contributed by atoms with Crippen LogP contribution in [0.15, 0.2) is 12.7 Å². The van der Waals surface area contributed by atoms with Crippen molar-refractivity contribution in [3.63, 3.8) is 0 Å². The van der Waals surface area contributed by atoms with Crippen LogP contribution in [0.4, 0.5) is 0 Å². The van der Waals surface area contributed by atoms with E-state index >= 15 is 0 Å². The quantitative estimate of drug-likeness (QED) is 0.422. The molecule has 9 heavy (non-hydrogen) atoms. The van der Waals surface area contributed by atoms with Gasteiger partial charge in [0.15, 0.2) is 0 Å². The molecule has 0 spiro atoms. The van der Waals surface area contributed by atoms with Gasteiger partial charge in [0.05, 0.1) is 0 Å². The Morgan fingerprint density at radius 3 is 2.89 bits per heavy atom. The highest BCUT2D eigenvalue weighted by molar-refractivity contribution is 8.23. The van der Waals surface area contributed by atoms with Gasteiger partial charge in [-0.05, 0) is 0 Å². The Balaban J connectivity index is 2.53. The van der Waals surface area contributed by atoms with Crippen molar-refractivity contribution in [3.05, 3.63) is 12.7 Å². The van der Waals surface area contributed by atoms with Crippen molar-refractivity contribution < 1.29 is 0 Å². The molecule has 0 amide bonds. The molecular formula is C6H9NS2. The second-order valence-electron chi connectivity index (χ2n) is 2.04. The molecule has 0 bridgehead atoms. The van der Waals surface area contributed by atoms with Crippen molar-refractivity contribution in [1.82, 2.24) is 4.90 Å². The summed E-state index contributed by atoms with van der Waals surface area (Å²) in [6.07, 6.45) is 1.94. The molecule has 1 heterocycles. The van der Waals surface area contributed by atoms with Crippen LogP contribution in [0.5, 0.6) is 0 Å². The minimum Gasteiger partial charge on any atom is -0.359 e. The predicted octanol–water partition coefficient (Wildman–Crippen LogP) is 1.50. The lowest BCUT2D eigenvalue weighted by molar-refractivity contribution is 0.551. The number of hydrogen-bond acceptors (Lipinski definition) is 2. The lowest BCUT2D eigenvalue weighted by atomic mass is 10.4. The molecule has 1 aliphatic rings. The topological polar surface area (TPSA) is 3.24 Å². The van der Waals surface area contributed by atoms with Crippen LogP contribution in [0.25, 0.3) is 0 Å². The van der Waals surface area contributed by atoms with Crippen molar-refractivity contribution in [2.75, 3.05) is 13.6 Å². The summed E-state index contributed by atoms with van der Waals surface area (Å²) >= 11 is 6.74. The Kier molecular flexibility index (Phi) is 2.13. The van der Waals surface area contributed by atoms with E-state index in [-0.39, 0.29) is 0 Å². The molecule has 0 aromatic rings. The second kappa shape index (κ2) is 2.71. The van der Waals surface area contributed by atoms with Crippen molar-refractivity contribution in [2.24, 2.45) is 0 Å². The number of thiocarbonyl (C=S) groups is 1. The van der Waals surface area contributed by atoms with Crippen LogP contribution in [0.1, 0.15) is 0 Å². The fourth-order valence-electron chi connectivity index (χ4n) is 0.724. The van der Waals surface area contributed by atoms with Crippen LogP contribution < -0.4 is 0 Å². The van der Waals surface area contributed by atoms with Crippen molar-refractivity contribution in [3.8, 4) is 0 Å². The molecule has 0 radical (unpaired) electrons. The van der Waals surface area contributed by atoms with Gasteiger partial charge in [0, 0.05) is 18.8 Å². The Hall–Kier alpha value is -0.0200. The monoisotopic (exact) mass is 159 g/mol. The van der Waals surface area contributed by atoms with E-state index in [1.807, 2.05) is 13.1 Å². The van der Waals surface area contributed by atoms with Gasteiger partial charge in [0.1, 0.15) is 4.32 Å². The van der Waals surface area contributed by atoms with Gasteiger partial charge in [-0.3, -0.25) is 0 Å². The van der Waals surface area contributed by atoms with Crippen molar-refractivity contribution in [2.45, 2.75) is 5.25 Å². The van der Waals surface area contributed by atoms with Crippen LogP contribution >= 0.6 is 24.0 Å². The van der Waals surface area contributed by atoms with E-state index in [4.69, 9.17) is 12.2 Å². The van der Waals surface area contributed by atoms with Crippen LogP contribution in [0, 0.1) is 0 Å². The van der Waals surface area contributed by atoms with Gasteiger partial charge in [-0.15, -0.1) is 6.58 Å². The number of rotatable bonds is 1. The van der Waals surface area contributed by atoms with Gasteiger partial charge in [-0.2, -0.15) is 0 Å². The predicted molar refractivity (Wildman–Crippen MR) is 46.8 cm³/mol. The van der Waals surface area contributed by atoms with Crippen molar-refractivity contribution >= 4 is 28.3 Å². The summed E-state index contributed by atoms with van der Waals surface area (Å²) in [6.45, 7) is 4.73. The number of thioether (sulfide) groups is 1. The smallest absolute Gasteiger partial charge is 0.136 e. The number of hydrogen-bond donors (Lipinski definition) is 0. The molecular weight excluding hydrogens is 150 g/mol. The molecule has 50 valence electrons. The van der Waals surface area contributed by atoms with E-state index in [1.54, 1.807) is 11.8 Å². The summed E-state index contributed by atoms with van der Waals surface area (Å²) in [5, 5.41) is 0.516. The maximum absolute atomic E-state index is 5.03. The molecule has 3 heteroatoms. The lowest BCUT2D eigenvalue weighted by Gasteiger charge is -2.06. The third-order valence-electron chi connectivity index (χ3n) is 1.28. The first-order valence-electron chi connectivity index (χ1n) is 2.78. The average molecular weight is 159 g/mol. The van der Waals surface area contributed by atoms with Gasteiger partial charge in [-0.1, -0.05) is 30.1 Å². The maximum atomic E-state index is 5.03. The van der Waals surface area contributed by atoms with Crippen molar-refractivity contribution in [1.29, 1.82) is 0 Å². The fraction of sp³-hybridized carbons (Fsp3) is 0.500. The summed E-state index contributed by atoms with van der Waals surface area (Å²) in [5.74, 6) is 0. The Morgan fingerprint density at radius 1 is 2.00 bits per heavy atom. The normalized spacial score (nSPS) is 27.0. The lowest BCUT2D eigenvalue weighted by Crippen LogP contribution is -2.18. The molecule has 1 atom stereocenters. The zero-order chi connectivity index (χ0) is 6.85. The molecule has 1 unspecified atom stereocenters. The average Bonchev–Trinajstić information content (AvgIpc) is 2.13. The van der Waals surface area contributed by atoms with Gasteiger partial charge in [0.25, 0.3) is 0 Å². The Morgan fingerprint density at radius 2 is 2.67 bits per heavy atom. The zero-order valence-corrected chi connectivity index (χ0v) is 6.97. The summed E-state index contributed by atoms with van der Waals surface area (Å²) < 4.78 is 0.986. The Bertz CT molecular complexity index is 144. The molecule has 0 aromatic carbocycles. The molecule has 1 saturated heterocycles. The minimum atomic E-state index is 0.516. The third-order valence-corrected chi connectivity index (χ3v) is 3.04. The van der Waals surface area contributed by atoms with E-state index in [2.05, 4.69) is 11.5 Å². The van der Waals surface area contributed by atoms with Gasteiger partial charge >= 0.3 is 0 Å². The molecule has 0 saturated carbocycles. The number of nitrogens with zero attached hydrogens (tertiary/aromatic N) is 1. The largest absolute Gasteiger partial charge is 0.359 e. The van der Waals surface area contributed by atoms with Crippen LogP contribution in [0.3, 0.4) is 0 Å². The summed E-state index contributed by atoms with van der Waals surface area (Å²) in [7, 11) is 2.01. The minimum absolute atomic E-state index is 0.516. The van der Waals surface area contributed by atoms with Gasteiger partial charge in [0.2, 0.25) is 0 Å². The molecule has 1 aliphatic heterocycles. The standard InChI is InChI=1S/C6H9NS2/c1-3-5-4-7(2)6(8)9-5/h3,5H,1,4H2,2H3. The highest BCUT2D eigenvalue weighted by atomic mass is 32.2.